The van der Waals surface area contributed by atoms with Crippen LogP contribution in [0.4, 0.5) is 0 Å². The third-order valence-corrected chi connectivity index (χ3v) is 4.66. The van der Waals surface area contributed by atoms with E-state index in [2.05, 4.69) is 62.4 Å². The Morgan fingerprint density at radius 1 is 0.895 bits per heavy atom. The minimum atomic E-state index is -0.0378. The molecule has 0 amide bonds. The quantitative estimate of drug-likeness (QED) is 0.723. The summed E-state index contributed by atoms with van der Waals surface area (Å²) in [6, 6.07) is 17.1. The summed E-state index contributed by atoms with van der Waals surface area (Å²) in [6.45, 7) is 4.26. The number of fused-ring (bicyclic) bond motifs is 1. The first-order valence-electron chi connectivity index (χ1n) is 6.47. The summed E-state index contributed by atoms with van der Waals surface area (Å²) < 4.78 is 0. The van der Waals surface area contributed by atoms with Crippen LogP contribution in [0.5, 0.6) is 0 Å². The lowest BCUT2D eigenvalue weighted by Crippen LogP contribution is -2.10. The third kappa shape index (κ3) is 2.18. The Bertz CT molecular complexity index is 727. The minimum Gasteiger partial charge on any atom is -0.320 e. The standard InChI is InChI=1S/C17H17NS/c1-11-7-9-15(14-6-4-3-5-13(11)14)17(18)16-10-8-12(2)19-16/h3-10,17H,18H2,1-2H3. The Hall–Kier alpha value is -1.64. The van der Waals surface area contributed by atoms with Crippen LogP contribution in [0.15, 0.2) is 48.5 Å². The summed E-state index contributed by atoms with van der Waals surface area (Å²) in [5.41, 5.74) is 8.97. The zero-order chi connectivity index (χ0) is 13.4. The zero-order valence-electron chi connectivity index (χ0n) is 11.2. The molecule has 2 heteroatoms. The molecule has 1 atom stereocenters. The number of thiophene rings is 1. The average Bonchev–Trinajstić information content (AvgIpc) is 2.86. The molecule has 1 aromatic heterocycles. The van der Waals surface area contributed by atoms with Crippen molar-refractivity contribution < 1.29 is 0 Å². The summed E-state index contributed by atoms with van der Waals surface area (Å²) in [7, 11) is 0. The van der Waals surface area contributed by atoms with E-state index in [1.165, 1.54) is 31.7 Å². The van der Waals surface area contributed by atoms with E-state index in [9.17, 15) is 0 Å². The van der Waals surface area contributed by atoms with Crippen LogP contribution >= 0.6 is 11.3 Å². The summed E-state index contributed by atoms with van der Waals surface area (Å²) >= 11 is 1.78. The molecule has 2 aromatic carbocycles. The Kier molecular flexibility index (Phi) is 3.13. The molecule has 0 radical (unpaired) electrons. The highest BCUT2D eigenvalue weighted by atomic mass is 32.1. The van der Waals surface area contributed by atoms with Crippen molar-refractivity contribution >= 4 is 22.1 Å². The Morgan fingerprint density at radius 3 is 2.32 bits per heavy atom. The van der Waals surface area contributed by atoms with Crippen molar-refractivity contribution in [1.82, 2.24) is 0 Å². The number of hydrogen-bond donors (Lipinski definition) is 1. The molecule has 1 unspecified atom stereocenters. The van der Waals surface area contributed by atoms with E-state index in [1.807, 2.05) is 0 Å². The van der Waals surface area contributed by atoms with Gasteiger partial charge in [-0.3, -0.25) is 0 Å². The first-order chi connectivity index (χ1) is 9.16. The fourth-order valence-corrected chi connectivity index (χ4v) is 3.42. The Morgan fingerprint density at radius 2 is 1.63 bits per heavy atom. The highest BCUT2D eigenvalue weighted by molar-refractivity contribution is 7.12. The van der Waals surface area contributed by atoms with Crippen LogP contribution in [0.1, 0.15) is 26.9 Å². The van der Waals surface area contributed by atoms with Crippen molar-refractivity contribution in [2.45, 2.75) is 19.9 Å². The van der Waals surface area contributed by atoms with Gasteiger partial charge in [-0.25, -0.2) is 0 Å². The second kappa shape index (κ2) is 4.80. The van der Waals surface area contributed by atoms with E-state index in [0.29, 0.717) is 0 Å². The maximum absolute atomic E-state index is 6.46. The van der Waals surface area contributed by atoms with Gasteiger partial charge in [0.1, 0.15) is 0 Å². The van der Waals surface area contributed by atoms with Crippen molar-refractivity contribution in [1.29, 1.82) is 0 Å². The van der Waals surface area contributed by atoms with Gasteiger partial charge in [-0.2, -0.15) is 0 Å². The lowest BCUT2D eigenvalue weighted by atomic mass is 9.95. The normalized spacial score (nSPS) is 12.8. The number of benzene rings is 2. The molecule has 0 fully saturated rings. The summed E-state index contributed by atoms with van der Waals surface area (Å²) in [4.78, 5) is 2.54. The van der Waals surface area contributed by atoms with E-state index in [1.54, 1.807) is 11.3 Å². The number of aryl methyl sites for hydroxylation is 2. The third-order valence-electron chi connectivity index (χ3n) is 3.58. The molecule has 96 valence electrons. The molecule has 0 saturated carbocycles. The van der Waals surface area contributed by atoms with Gasteiger partial charge < -0.3 is 5.73 Å². The smallest absolute Gasteiger partial charge is 0.0652 e. The molecule has 3 aromatic rings. The van der Waals surface area contributed by atoms with Gasteiger partial charge in [-0.05, 0) is 47.9 Å². The fourth-order valence-electron chi connectivity index (χ4n) is 2.52. The largest absolute Gasteiger partial charge is 0.320 e. The van der Waals surface area contributed by atoms with E-state index < -0.39 is 0 Å². The maximum Gasteiger partial charge on any atom is 0.0652 e. The second-order valence-electron chi connectivity index (χ2n) is 4.94. The van der Waals surface area contributed by atoms with E-state index in [-0.39, 0.29) is 6.04 Å². The zero-order valence-corrected chi connectivity index (χ0v) is 12.0. The van der Waals surface area contributed by atoms with Gasteiger partial charge in [-0.1, -0.05) is 36.4 Å². The van der Waals surface area contributed by atoms with Crippen molar-refractivity contribution in [2.24, 2.45) is 5.73 Å². The van der Waals surface area contributed by atoms with Crippen LogP contribution in [0.2, 0.25) is 0 Å². The maximum atomic E-state index is 6.46. The van der Waals surface area contributed by atoms with E-state index in [0.717, 1.165) is 0 Å². The van der Waals surface area contributed by atoms with Crippen LogP contribution in [0, 0.1) is 13.8 Å². The highest BCUT2D eigenvalue weighted by Crippen LogP contribution is 2.32. The van der Waals surface area contributed by atoms with Crippen molar-refractivity contribution in [3.8, 4) is 0 Å². The topological polar surface area (TPSA) is 26.0 Å². The number of nitrogens with two attached hydrogens (primary N) is 1. The van der Waals surface area contributed by atoms with Crippen LogP contribution in [0.25, 0.3) is 10.8 Å². The lowest BCUT2D eigenvalue weighted by molar-refractivity contribution is 0.903. The molecule has 0 aliphatic carbocycles. The average molecular weight is 267 g/mol. The van der Waals surface area contributed by atoms with Gasteiger partial charge >= 0.3 is 0 Å². The molecule has 0 spiro atoms. The van der Waals surface area contributed by atoms with Crippen molar-refractivity contribution in [2.75, 3.05) is 0 Å². The first-order valence-corrected chi connectivity index (χ1v) is 7.28. The second-order valence-corrected chi connectivity index (χ2v) is 6.26. The molecule has 19 heavy (non-hydrogen) atoms. The van der Waals surface area contributed by atoms with Gasteiger partial charge in [0.05, 0.1) is 6.04 Å². The van der Waals surface area contributed by atoms with Crippen molar-refractivity contribution in [3.05, 3.63) is 69.4 Å². The molecule has 3 rings (SSSR count). The molecule has 0 aliphatic rings. The number of hydrogen-bond acceptors (Lipinski definition) is 2. The van der Waals surface area contributed by atoms with Gasteiger partial charge in [0.2, 0.25) is 0 Å². The molecular weight excluding hydrogens is 250 g/mol. The Balaban J connectivity index is 2.18. The van der Waals surface area contributed by atoms with Gasteiger partial charge in [0.25, 0.3) is 0 Å². The molecule has 0 saturated heterocycles. The highest BCUT2D eigenvalue weighted by Gasteiger charge is 2.14. The molecule has 1 nitrogen and oxygen atoms in total. The van der Waals surface area contributed by atoms with Crippen LogP contribution in [-0.2, 0) is 0 Å². The molecule has 1 heterocycles. The van der Waals surface area contributed by atoms with E-state index >= 15 is 0 Å². The SMILES string of the molecule is Cc1ccc(C(N)c2ccc(C)c3ccccc23)s1. The summed E-state index contributed by atoms with van der Waals surface area (Å²) in [5.74, 6) is 0. The van der Waals surface area contributed by atoms with Gasteiger partial charge in [0.15, 0.2) is 0 Å². The minimum absolute atomic E-state index is 0.0378. The van der Waals surface area contributed by atoms with Gasteiger partial charge in [0, 0.05) is 9.75 Å². The number of rotatable bonds is 2. The Labute approximate surface area is 117 Å². The van der Waals surface area contributed by atoms with Crippen LogP contribution < -0.4 is 5.73 Å². The first kappa shape index (κ1) is 12.4. The molecular formula is C17H17NS. The van der Waals surface area contributed by atoms with Gasteiger partial charge in [-0.15, -0.1) is 11.3 Å². The summed E-state index contributed by atoms with van der Waals surface area (Å²) in [6.07, 6.45) is 0. The fraction of sp³-hybridized carbons (Fsp3) is 0.176. The summed E-state index contributed by atoms with van der Waals surface area (Å²) in [5, 5.41) is 2.56. The molecule has 0 bridgehead atoms. The van der Waals surface area contributed by atoms with Crippen LogP contribution in [0.3, 0.4) is 0 Å². The lowest BCUT2D eigenvalue weighted by Gasteiger charge is -2.14. The predicted octanol–water partition coefficient (Wildman–Crippen LogP) is 4.57. The molecule has 2 N–H and O–H groups in total. The molecule has 0 aliphatic heterocycles. The van der Waals surface area contributed by atoms with Crippen molar-refractivity contribution in [3.63, 3.8) is 0 Å². The predicted molar refractivity (Wildman–Crippen MR) is 83.8 cm³/mol. The monoisotopic (exact) mass is 267 g/mol. The van der Waals surface area contributed by atoms with Crippen LogP contribution in [-0.4, -0.2) is 0 Å². The van der Waals surface area contributed by atoms with E-state index in [4.69, 9.17) is 5.73 Å².